The first-order valence-electron chi connectivity index (χ1n) is 4.76. The highest BCUT2D eigenvalue weighted by molar-refractivity contribution is 5.30. The molecule has 0 fully saturated rings. The lowest BCUT2D eigenvalue weighted by molar-refractivity contribution is 0.100. The molecule has 0 aliphatic heterocycles. The molecule has 2 atom stereocenters. The van der Waals surface area contributed by atoms with Crippen molar-refractivity contribution in [3.63, 3.8) is 0 Å². The molecule has 1 aromatic carbocycles. The van der Waals surface area contributed by atoms with Crippen LogP contribution in [0.2, 0.25) is 0 Å². The molecule has 77 valence electrons. The Morgan fingerprint density at radius 1 is 1.07 bits per heavy atom. The minimum Gasteiger partial charge on any atom is -0.377 e. The topological polar surface area (TPSA) is 18.5 Å². The molecule has 1 aromatic rings. The third-order valence-corrected chi connectivity index (χ3v) is 2.51. The van der Waals surface area contributed by atoms with Crippen LogP contribution in [0.25, 0.3) is 0 Å². The van der Waals surface area contributed by atoms with Gasteiger partial charge in [-0.3, -0.25) is 0 Å². The van der Waals surface area contributed by atoms with E-state index in [4.69, 9.17) is 9.47 Å². The van der Waals surface area contributed by atoms with E-state index in [0.717, 1.165) is 5.56 Å². The highest BCUT2D eigenvalue weighted by Crippen LogP contribution is 2.26. The first-order valence-corrected chi connectivity index (χ1v) is 4.76. The van der Waals surface area contributed by atoms with Crippen molar-refractivity contribution in [3.8, 4) is 0 Å². The van der Waals surface area contributed by atoms with Crippen molar-refractivity contribution in [2.24, 2.45) is 0 Å². The third-order valence-electron chi connectivity index (χ3n) is 2.51. The lowest BCUT2D eigenvalue weighted by Gasteiger charge is -2.18. The van der Waals surface area contributed by atoms with Crippen LogP contribution >= 0.6 is 0 Å². The van der Waals surface area contributed by atoms with Gasteiger partial charge in [0.1, 0.15) is 0 Å². The molecule has 2 unspecified atom stereocenters. The van der Waals surface area contributed by atoms with Gasteiger partial charge in [0.15, 0.2) is 0 Å². The molecule has 0 heterocycles. The fourth-order valence-electron chi connectivity index (χ4n) is 1.43. The fraction of sp³-hybridized carbons (Fsp3) is 0.500. The summed E-state index contributed by atoms with van der Waals surface area (Å²) in [5.41, 5.74) is 2.31. The van der Waals surface area contributed by atoms with Crippen molar-refractivity contribution >= 4 is 0 Å². The summed E-state index contributed by atoms with van der Waals surface area (Å²) in [7, 11) is 3.42. The van der Waals surface area contributed by atoms with Crippen LogP contribution in [0.1, 0.15) is 37.2 Å². The number of hydrogen-bond donors (Lipinski definition) is 0. The van der Waals surface area contributed by atoms with Crippen LogP contribution in [0.4, 0.5) is 0 Å². The van der Waals surface area contributed by atoms with Crippen LogP contribution in [-0.4, -0.2) is 14.2 Å². The van der Waals surface area contributed by atoms with Gasteiger partial charge in [0.2, 0.25) is 0 Å². The SMILES string of the molecule is COC(C)c1c[c]ccc1C(C)OC. The third kappa shape index (κ3) is 2.34. The van der Waals surface area contributed by atoms with E-state index < -0.39 is 0 Å². The summed E-state index contributed by atoms with van der Waals surface area (Å²) in [5.74, 6) is 0. The molecule has 0 spiro atoms. The number of methoxy groups -OCH3 is 2. The van der Waals surface area contributed by atoms with E-state index in [1.807, 2.05) is 32.0 Å². The lowest BCUT2D eigenvalue weighted by Crippen LogP contribution is -2.05. The van der Waals surface area contributed by atoms with Gasteiger partial charge in [0, 0.05) is 14.2 Å². The molecule has 0 amide bonds. The Kier molecular flexibility index (Phi) is 4.11. The smallest absolute Gasteiger partial charge is 0.0796 e. The molecule has 2 heteroatoms. The van der Waals surface area contributed by atoms with Gasteiger partial charge >= 0.3 is 0 Å². The Labute approximate surface area is 85.8 Å². The molecule has 2 nitrogen and oxygen atoms in total. The molecule has 14 heavy (non-hydrogen) atoms. The molecule has 0 aliphatic carbocycles. The average molecular weight is 193 g/mol. The largest absolute Gasteiger partial charge is 0.377 e. The molecule has 0 saturated heterocycles. The van der Waals surface area contributed by atoms with Crippen LogP contribution in [0.5, 0.6) is 0 Å². The summed E-state index contributed by atoms with van der Waals surface area (Å²) in [6.45, 7) is 4.05. The normalized spacial score (nSPS) is 15.1. The average Bonchev–Trinajstić information content (AvgIpc) is 2.27. The molecule has 0 saturated carbocycles. The monoisotopic (exact) mass is 193 g/mol. The van der Waals surface area contributed by atoms with Crippen LogP contribution < -0.4 is 0 Å². The summed E-state index contributed by atoms with van der Waals surface area (Å²) < 4.78 is 10.6. The van der Waals surface area contributed by atoms with Crippen molar-refractivity contribution in [3.05, 3.63) is 35.4 Å². The van der Waals surface area contributed by atoms with E-state index in [1.54, 1.807) is 14.2 Å². The summed E-state index contributed by atoms with van der Waals surface area (Å²) in [6.07, 6.45) is 0.178. The first kappa shape index (κ1) is 11.2. The van der Waals surface area contributed by atoms with E-state index in [2.05, 4.69) is 6.07 Å². The number of benzene rings is 1. The quantitative estimate of drug-likeness (QED) is 0.732. The van der Waals surface area contributed by atoms with Gasteiger partial charge in [-0.05, 0) is 37.1 Å². The first-order chi connectivity index (χ1) is 6.70. The molecule has 0 bridgehead atoms. The second kappa shape index (κ2) is 5.13. The van der Waals surface area contributed by atoms with E-state index in [-0.39, 0.29) is 12.2 Å². The Balaban J connectivity index is 3.02. The molecule has 0 aromatic heterocycles. The van der Waals surface area contributed by atoms with Crippen molar-refractivity contribution in [2.75, 3.05) is 14.2 Å². The van der Waals surface area contributed by atoms with Crippen molar-refractivity contribution in [2.45, 2.75) is 26.1 Å². The van der Waals surface area contributed by atoms with E-state index in [1.165, 1.54) is 5.56 Å². The van der Waals surface area contributed by atoms with Crippen molar-refractivity contribution in [1.82, 2.24) is 0 Å². The van der Waals surface area contributed by atoms with Gasteiger partial charge in [-0.1, -0.05) is 12.1 Å². The van der Waals surface area contributed by atoms with Crippen LogP contribution in [0, 0.1) is 6.07 Å². The molecular weight excluding hydrogens is 176 g/mol. The Morgan fingerprint density at radius 3 is 2.21 bits per heavy atom. The summed E-state index contributed by atoms with van der Waals surface area (Å²) in [4.78, 5) is 0. The van der Waals surface area contributed by atoms with Gasteiger partial charge in [0.25, 0.3) is 0 Å². The van der Waals surface area contributed by atoms with E-state index >= 15 is 0 Å². The highest BCUT2D eigenvalue weighted by atomic mass is 16.5. The lowest BCUT2D eigenvalue weighted by atomic mass is 9.99. The van der Waals surface area contributed by atoms with Crippen LogP contribution in [0.15, 0.2) is 18.2 Å². The molecule has 0 N–H and O–H groups in total. The van der Waals surface area contributed by atoms with Gasteiger partial charge < -0.3 is 9.47 Å². The summed E-state index contributed by atoms with van der Waals surface area (Å²) >= 11 is 0. The molecule has 0 aliphatic rings. The molecular formula is C12H17O2. The van der Waals surface area contributed by atoms with Gasteiger partial charge in [-0.15, -0.1) is 0 Å². The zero-order valence-electron chi connectivity index (χ0n) is 9.20. The molecule has 1 rings (SSSR count). The number of ether oxygens (including phenoxy) is 2. The zero-order valence-corrected chi connectivity index (χ0v) is 9.20. The fourth-order valence-corrected chi connectivity index (χ4v) is 1.43. The maximum absolute atomic E-state index is 5.30. The van der Waals surface area contributed by atoms with Gasteiger partial charge in [-0.25, -0.2) is 0 Å². The van der Waals surface area contributed by atoms with Gasteiger partial charge in [0.05, 0.1) is 12.2 Å². The van der Waals surface area contributed by atoms with Crippen LogP contribution in [0.3, 0.4) is 0 Å². The number of rotatable bonds is 4. The van der Waals surface area contributed by atoms with Crippen LogP contribution in [-0.2, 0) is 9.47 Å². The standard InChI is InChI=1S/C12H17O2/c1-9(13-3)11-7-5-6-8-12(11)10(2)14-4/h5,7-10H,1-4H3. The van der Waals surface area contributed by atoms with Gasteiger partial charge in [-0.2, -0.15) is 0 Å². The second-order valence-electron chi connectivity index (χ2n) is 3.31. The second-order valence-corrected chi connectivity index (χ2v) is 3.31. The Hall–Kier alpha value is -0.860. The Morgan fingerprint density at radius 2 is 1.64 bits per heavy atom. The summed E-state index contributed by atoms with van der Waals surface area (Å²) in [5, 5.41) is 0. The predicted molar refractivity (Wildman–Crippen MR) is 56.1 cm³/mol. The Bertz CT molecular complexity index is 254. The number of hydrogen-bond acceptors (Lipinski definition) is 2. The maximum Gasteiger partial charge on any atom is 0.0796 e. The van der Waals surface area contributed by atoms with Crippen molar-refractivity contribution < 1.29 is 9.47 Å². The van der Waals surface area contributed by atoms with Crippen molar-refractivity contribution in [1.29, 1.82) is 0 Å². The predicted octanol–water partition coefficient (Wildman–Crippen LogP) is 2.90. The summed E-state index contributed by atoms with van der Waals surface area (Å²) in [6, 6.07) is 8.94. The molecule has 1 radical (unpaired) electrons. The minimum atomic E-state index is 0.0834. The van der Waals surface area contributed by atoms with E-state index in [9.17, 15) is 0 Å². The van der Waals surface area contributed by atoms with E-state index in [0.29, 0.717) is 0 Å². The zero-order chi connectivity index (χ0) is 10.6. The maximum atomic E-state index is 5.30. The minimum absolute atomic E-state index is 0.0834. The highest BCUT2D eigenvalue weighted by Gasteiger charge is 2.13.